The molecule has 0 saturated heterocycles. The van der Waals surface area contributed by atoms with Gasteiger partial charge in [-0.1, -0.05) is 25.4 Å². The maximum absolute atomic E-state index is 11.4. The fraction of sp³-hybridized carbons (Fsp3) is 0.500. The molecule has 15 heavy (non-hydrogen) atoms. The van der Waals surface area contributed by atoms with Crippen molar-refractivity contribution in [1.82, 2.24) is 9.97 Å². The minimum atomic E-state index is -0.0910. The summed E-state index contributed by atoms with van der Waals surface area (Å²) in [7, 11) is 0. The minimum absolute atomic E-state index is 0.0910. The molecule has 4 nitrogen and oxygen atoms in total. The molecular formula is C10H14ClN3O. The summed E-state index contributed by atoms with van der Waals surface area (Å²) in [5.74, 6) is 0.489. The Morgan fingerprint density at radius 2 is 2.20 bits per heavy atom. The number of anilines is 1. The van der Waals surface area contributed by atoms with Crippen molar-refractivity contribution in [1.29, 1.82) is 0 Å². The SMILES string of the molecule is Cc1cc(Cl)nc(NC(=O)CC(C)C)n1. The highest BCUT2D eigenvalue weighted by Crippen LogP contribution is 2.10. The van der Waals surface area contributed by atoms with Crippen LogP contribution >= 0.6 is 11.6 Å². The summed E-state index contributed by atoms with van der Waals surface area (Å²) in [6.07, 6.45) is 0.453. The van der Waals surface area contributed by atoms with Crippen LogP contribution in [0.3, 0.4) is 0 Å². The molecule has 0 aliphatic rings. The average Bonchev–Trinajstić information content (AvgIpc) is 1.98. The summed E-state index contributed by atoms with van der Waals surface area (Å²) in [6.45, 7) is 5.75. The van der Waals surface area contributed by atoms with E-state index in [0.717, 1.165) is 5.69 Å². The predicted molar refractivity (Wildman–Crippen MR) is 59.9 cm³/mol. The second-order valence-electron chi connectivity index (χ2n) is 3.80. The fourth-order valence-corrected chi connectivity index (χ4v) is 1.37. The summed E-state index contributed by atoms with van der Waals surface area (Å²) in [5.41, 5.74) is 0.731. The van der Waals surface area contributed by atoms with Crippen LogP contribution in [0, 0.1) is 12.8 Å². The van der Waals surface area contributed by atoms with Gasteiger partial charge >= 0.3 is 0 Å². The van der Waals surface area contributed by atoms with E-state index >= 15 is 0 Å². The van der Waals surface area contributed by atoms with Gasteiger partial charge in [0, 0.05) is 12.1 Å². The van der Waals surface area contributed by atoms with E-state index in [2.05, 4.69) is 15.3 Å². The zero-order valence-electron chi connectivity index (χ0n) is 9.04. The van der Waals surface area contributed by atoms with E-state index in [1.54, 1.807) is 13.0 Å². The van der Waals surface area contributed by atoms with Gasteiger partial charge in [-0.05, 0) is 18.9 Å². The molecule has 1 rings (SSSR count). The fourth-order valence-electron chi connectivity index (χ4n) is 1.13. The van der Waals surface area contributed by atoms with E-state index < -0.39 is 0 Å². The molecule has 0 saturated carbocycles. The van der Waals surface area contributed by atoms with E-state index in [9.17, 15) is 4.79 Å². The van der Waals surface area contributed by atoms with Crippen molar-refractivity contribution in [3.8, 4) is 0 Å². The van der Waals surface area contributed by atoms with Gasteiger partial charge in [-0.3, -0.25) is 10.1 Å². The van der Waals surface area contributed by atoms with Gasteiger partial charge in [0.15, 0.2) is 0 Å². The Hall–Kier alpha value is -1.16. The summed E-state index contributed by atoms with van der Waals surface area (Å²) in [6, 6.07) is 1.64. The lowest BCUT2D eigenvalue weighted by Crippen LogP contribution is -2.16. The van der Waals surface area contributed by atoms with E-state index in [-0.39, 0.29) is 11.9 Å². The van der Waals surface area contributed by atoms with Crippen molar-refractivity contribution in [2.24, 2.45) is 5.92 Å². The third kappa shape index (κ3) is 4.25. The van der Waals surface area contributed by atoms with Crippen molar-refractivity contribution >= 4 is 23.5 Å². The Labute approximate surface area is 94.1 Å². The molecule has 0 aliphatic heterocycles. The lowest BCUT2D eigenvalue weighted by Gasteiger charge is -2.06. The van der Waals surface area contributed by atoms with E-state index in [0.29, 0.717) is 17.5 Å². The highest BCUT2D eigenvalue weighted by molar-refractivity contribution is 6.29. The first-order valence-electron chi connectivity index (χ1n) is 4.78. The van der Waals surface area contributed by atoms with Crippen LogP contribution < -0.4 is 5.32 Å². The molecule has 82 valence electrons. The van der Waals surface area contributed by atoms with Crippen molar-refractivity contribution in [3.05, 3.63) is 16.9 Å². The number of carbonyl (C=O) groups is 1. The smallest absolute Gasteiger partial charge is 0.231 e. The van der Waals surface area contributed by atoms with E-state index in [1.807, 2.05) is 13.8 Å². The summed E-state index contributed by atoms with van der Waals surface area (Å²) >= 11 is 5.74. The first kappa shape index (κ1) is 11.9. The van der Waals surface area contributed by atoms with Crippen LogP contribution in [0.1, 0.15) is 26.0 Å². The topological polar surface area (TPSA) is 54.9 Å². The number of amides is 1. The monoisotopic (exact) mass is 227 g/mol. The van der Waals surface area contributed by atoms with Gasteiger partial charge < -0.3 is 0 Å². The Morgan fingerprint density at radius 1 is 1.53 bits per heavy atom. The first-order chi connectivity index (χ1) is 6.97. The average molecular weight is 228 g/mol. The van der Waals surface area contributed by atoms with Crippen molar-refractivity contribution in [2.75, 3.05) is 5.32 Å². The molecule has 0 aromatic carbocycles. The first-order valence-corrected chi connectivity index (χ1v) is 5.16. The second kappa shape index (κ2) is 5.07. The lowest BCUT2D eigenvalue weighted by molar-refractivity contribution is -0.116. The zero-order valence-corrected chi connectivity index (χ0v) is 9.80. The molecule has 0 spiro atoms. The van der Waals surface area contributed by atoms with Crippen LogP contribution in [0.25, 0.3) is 0 Å². The maximum Gasteiger partial charge on any atom is 0.231 e. The van der Waals surface area contributed by atoms with Crippen LogP contribution in [0.4, 0.5) is 5.95 Å². The van der Waals surface area contributed by atoms with Crippen LogP contribution in [-0.4, -0.2) is 15.9 Å². The number of halogens is 1. The number of nitrogens with zero attached hydrogens (tertiary/aromatic N) is 2. The van der Waals surface area contributed by atoms with Gasteiger partial charge in [0.2, 0.25) is 11.9 Å². The molecule has 1 heterocycles. The van der Waals surface area contributed by atoms with Gasteiger partial charge in [0.05, 0.1) is 0 Å². The molecule has 0 aliphatic carbocycles. The Balaban J connectivity index is 2.68. The van der Waals surface area contributed by atoms with Crippen LogP contribution in [0.5, 0.6) is 0 Å². The molecule has 1 amide bonds. The third-order valence-corrected chi connectivity index (χ3v) is 1.86. The van der Waals surface area contributed by atoms with Gasteiger partial charge in [-0.2, -0.15) is 0 Å². The number of aromatic nitrogens is 2. The third-order valence-electron chi connectivity index (χ3n) is 1.67. The number of nitrogens with one attached hydrogen (secondary N) is 1. The quantitative estimate of drug-likeness (QED) is 0.807. The molecule has 0 fully saturated rings. The highest BCUT2D eigenvalue weighted by Gasteiger charge is 2.07. The molecule has 0 atom stereocenters. The Bertz CT molecular complexity index is 345. The zero-order chi connectivity index (χ0) is 11.4. The van der Waals surface area contributed by atoms with Crippen LogP contribution in [0.2, 0.25) is 5.15 Å². The Morgan fingerprint density at radius 3 is 2.73 bits per heavy atom. The normalized spacial score (nSPS) is 10.5. The van der Waals surface area contributed by atoms with Crippen LogP contribution in [-0.2, 0) is 4.79 Å². The van der Waals surface area contributed by atoms with Gasteiger partial charge in [0.1, 0.15) is 5.15 Å². The molecule has 0 radical (unpaired) electrons. The Kier molecular flexibility index (Phi) is 4.03. The van der Waals surface area contributed by atoms with Gasteiger partial charge in [-0.25, -0.2) is 9.97 Å². The van der Waals surface area contributed by atoms with Gasteiger partial charge in [0.25, 0.3) is 0 Å². The van der Waals surface area contributed by atoms with E-state index in [4.69, 9.17) is 11.6 Å². The lowest BCUT2D eigenvalue weighted by atomic mass is 10.1. The molecule has 0 bridgehead atoms. The van der Waals surface area contributed by atoms with Gasteiger partial charge in [-0.15, -0.1) is 0 Å². The number of hydrogen-bond donors (Lipinski definition) is 1. The number of carbonyl (C=O) groups excluding carboxylic acids is 1. The highest BCUT2D eigenvalue weighted by atomic mass is 35.5. The van der Waals surface area contributed by atoms with Crippen molar-refractivity contribution < 1.29 is 4.79 Å². The molecule has 0 unspecified atom stereocenters. The molecule has 1 aromatic rings. The van der Waals surface area contributed by atoms with Crippen molar-refractivity contribution in [2.45, 2.75) is 27.2 Å². The molecule has 5 heteroatoms. The van der Waals surface area contributed by atoms with Crippen molar-refractivity contribution in [3.63, 3.8) is 0 Å². The standard InChI is InChI=1S/C10H14ClN3O/c1-6(2)4-9(15)14-10-12-7(3)5-8(11)13-10/h5-6H,4H2,1-3H3,(H,12,13,14,15). The molecule has 1 N–H and O–H groups in total. The van der Waals surface area contributed by atoms with E-state index in [1.165, 1.54) is 0 Å². The molecular weight excluding hydrogens is 214 g/mol. The minimum Gasteiger partial charge on any atom is -0.294 e. The predicted octanol–water partition coefficient (Wildman–Crippen LogP) is 2.42. The van der Waals surface area contributed by atoms with Crippen LogP contribution in [0.15, 0.2) is 6.07 Å². The maximum atomic E-state index is 11.4. The number of aryl methyl sites for hydroxylation is 1. The number of rotatable bonds is 3. The summed E-state index contributed by atoms with van der Waals surface area (Å²) in [4.78, 5) is 19.4. The number of hydrogen-bond acceptors (Lipinski definition) is 3. The summed E-state index contributed by atoms with van der Waals surface area (Å²) in [5, 5.41) is 2.94. The molecule has 1 aromatic heterocycles. The second-order valence-corrected chi connectivity index (χ2v) is 4.19. The summed E-state index contributed by atoms with van der Waals surface area (Å²) < 4.78 is 0. The largest absolute Gasteiger partial charge is 0.294 e.